The Bertz CT molecular complexity index is 890. The number of hydrogen-bond acceptors (Lipinski definition) is 4. The summed E-state index contributed by atoms with van der Waals surface area (Å²) in [5.74, 6) is -0.396. The number of carbonyl (C=O) groups is 1. The molecule has 0 aliphatic rings. The number of ether oxygens (including phenoxy) is 2. The first kappa shape index (κ1) is 19.8. The van der Waals surface area contributed by atoms with E-state index >= 15 is 0 Å². The summed E-state index contributed by atoms with van der Waals surface area (Å²) in [4.78, 5) is 10.7. The van der Waals surface area contributed by atoms with Crippen molar-refractivity contribution in [3.05, 3.63) is 57.0 Å². The molecular formula is C19H15BrClNO4. The number of nitrogens with zero attached hydrogens (tertiary/aromatic N) is 1. The third kappa shape index (κ3) is 5.01. The Labute approximate surface area is 164 Å². The molecule has 2 aromatic rings. The van der Waals surface area contributed by atoms with Crippen LogP contribution in [0.5, 0.6) is 11.5 Å². The monoisotopic (exact) mass is 435 g/mol. The lowest BCUT2D eigenvalue weighted by Crippen LogP contribution is -2.10. The van der Waals surface area contributed by atoms with E-state index in [9.17, 15) is 10.1 Å². The molecule has 0 aliphatic heterocycles. The standard InChI is InChI=1S/C19H15BrClNO4/c1-2-25-17-8-12(15(20)9-18(17)26-11-19(23)24)7-13(10-22)14-5-3-4-6-16(14)21/h3-9H,2,11H2,1H3,(H,23,24). The van der Waals surface area contributed by atoms with Gasteiger partial charge >= 0.3 is 5.97 Å². The van der Waals surface area contributed by atoms with Crippen molar-refractivity contribution in [3.8, 4) is 17.6 Å². The second-order valence-corrected chi connectivity index (χ2v) is 6.35. The van der Waals surface area contributed by atoms with Crippen molar-refractivity contribution in [3.63, 3.8) is 0 Å². The zero-order valence-corrected chi connectivity index (χ0v) is 16.2. The van der Waals surface area contributed by atoms with Gasteiger partial charge in [-0.15, -0.1) is 0 Å². The third-order valence-electron chi connectivity index (χ3n) is 3.30. The Morgan fingerprint density at radius 2 is 2.00 bits per heavy atom. The summed E-state index contributed by atoms with van der Waals surface area (Å²) in [5, 5.41) is 18.8. The minimum atomic E-state index is -1.09. The molecule has 0 fully saturated rings. The lowest BCUT2D eigenvalue weighted by Gasteiger charge is -2.13. The molecule has 0 atom stereocenters. The number of carboxylic acids is 1. The number of aliphatic carboxylic acids is 1. The molecule has 0 spiro atoms. The van der Waals surface area contributed by atoms with Gasteiger partial charge in [0.2, 0.25) is 0 Å². The van der Waals surface area contributed by atoms with Gasteiger partial charge in [-0.25, -0.2) is 4.79 Å². The molecule has 0 heterocycles. The van der Waals surface area contributed by atoms with Gasteiger partial charge in [0, 0.05) is 15.1 Å². The first-order valence-corrected chi connectivity index (χ1v) is 8.81. The number of halogens is 2. The highest BCUT2D eigenvalue weighted by molar-refractivity contribution is 9.10. The fourth-order valence-electron chi connectivity index (χ4n) is 2.19. The van der Waals surface area contributed by atoms with Crippen molar-refractivity contribution in [1.82, 2.24) is 0 Å². The summed E-state index contributed by atoms with van der Waals surface area (Å²) in [6.45, 7) is 1.71. The Balaban J connectivity index is 2.48. The van der Waals surface area contributed by atoms with Crippen LogP contribution in [0.15, 0.2) is 40.9 Å². The number of carboxylic acid groups (broad SMARTS) is 1. The fraction of sp³-hybridized carbons (Fsp3) is 0.158. The van der Waals surface area contributed by atoms with Crippen molar-refractivity contribution in [2.75, 3.05) is 13.2 Å². The molecule has 0 amide bonds. The molecule has 5 nitrogen and oxygen atoms in total. The average Bonchev–Trinajstić information content (AvgIpc) is 2.61. The molecular weight excluding hydrogens is 422 g/mol. The van der Waals surface area contributed by atoms with Gasteiger partial charge in [-0.3, -0.25) is 0 Å². The predicted molar refractivity (Wildman–Crippen MR) is 103 cm³/mol. The Morgan fingerprint density at radius 1 is 1.31 bits per heavy atom. The van der Waals surface area contributed by atoms with E-state index in [0.29, 0.717) is 44.3 Å². The molecule has 2 rings (SSSR count). The SMILES string of the molecule is CCOc1cc(C=C(C#N)c2ccccc2Cl)c(Br)cc1OCC(=O)O. The molecule has 0 saturated heterocycles. The summed E-state index contributed by atoms with van der Waals surface area (Å²) < 4.78 is 11.4. The number of hydrogen-bond donors (Lipinski definition) is 1. The van der Waals surface area contributed by atoms with Crippen LogP contribution < -0.4 is 9.47 Å². The van der Waals surface area contributed by atoms with Crippen LogP contribution in [0.2, 0.25) is 5.02 Å². The molecule has 26 heavy (non-hydrogen) atoms. The minimum Gasteiger partial charge on any atom is -0.490 e. The Morgan fingerprint density at radius 3 is 2.62 bits per heavy atom. The lowest BCUT2D eigenvalue weighted by molar-refractivity contribution is -0.139. The highest BCUT2D eigenvalue weighted by Gasteiger charge is 2.13. The van der Waals surface area contributed by atoms with Crippen molar-refractivity contribution >= 4 is 45.1 Å². The fourth-order valence-corrected chi connectivity index (χ4v) is 2.86. The molecule has 0 radical (unpaired) electrons. The molecule has 7 heteroatoms. The van der Waals surface area contributed by atoms with E-state index in [1.165, 1.54) is 0 Å². The van der Waals surface area contributed by atoms with Gasteiger partial charge in [0.1, 0.15) is 0 Å². The first-order valence-electron chi connectivity index (χ1n) is 7.63. The van der Waals surface area contributed by atoms with Gasteiger partial charge in [0.05, 0.1) is 18.2 Å². The second-order valence-electron chi connectivity index (χ2n) is 5.09. The van der Waals surface area contributed by atoms with E-state index in [4.69, 9.17) is 26.2 Å². The van der Waals surface area contributed by atoms with Crippen LogP contribution in [0.3, 0.4) is 0 Å². The summed E-state index contributed by atoms with van der Waals surface area (Å²) in [6, 6.07) is 12.5. The number of rotatable bonds is 7. The molecule has 0 bridgehead atoms. The van der Waals surface area contributed by atoms with E-state index < -0.39 is 12.6 Å². The number of benzene rings is 2. The Kier molecular flexibility index (Phi) is 7.07. The van der Waals surface area contributed by atoms with Crippen LogP contribution in [0.4, 0.5) is 0 Å². The molecule has 0 unspecified atom stereocenters. The van der Waals surface area contributed by atoms with Crippen LogP contribution in [0, 0.1) is 11.3 Å². The zero-order chi connectivity index (χ0) is 19.1. The van der Waals surface area contributed by atoms with Crippen LogP contribution in [-0.4, -0.2) is 24.3 Å². The first-order chi connectivity index (χ1) is 12.5. The van der Waals surface area contributed by atoms with Crippen molar-refractivity contribution in [1.29, 1.82) is 5.26 Å². The van der Waals surface area contributed by atoms with Crippen LogP contribution in [0.25, 0.3) is 11.6 Å². The third-order valence-corrected chi connectivity index (χ3v) is 4.31. The molecule has 0 saturated carbocycles. The highest BCUT2D eigenvalue weighted by atomic mass is 79.9. The zero-order valence-electron chi connectivity index (χ0n) is 13.8. The van der Waals surface area contributed by atoms with Crippen molar-refractivity contribution in [2.45, 2.75) is 6.92 Å². The van der Waals surface area contributed by atoms with Gasteiger partial charge < -0.3 is 14.6 Å². The molecule has 1 N–H and O–H groups in total. The smallest absolute Gasteiger partial charge is 0.341 e. The van der Waals surface area contributed by atoms with Crippen LogP contribution in [0.1, 0.15) is 18.1 Å². The van der Waals surface area contributed by atoms with E-state index in [2.05, 4.69) is 22.0 Å². The van der Waals surface area contributed by atoms with Gasteiger partial charge in [-0.1, -0.05) is 45.7 Å². The number of allylic oxidation sites excluding steroid dienone is 1. The predicted octanol–water partition coefficient (Wildman–Crippen LogP) is 5.03. The maximum Gasteiger partial charge on any atom is 0.341 e. The van der Waals surface area contributed by atoms with E-state index in [-0.39, 0.29) is 0 Å². The van der Waals surface area contributed by atoms with E-state index in [1.807, 2.05) is 6.92 Å². The van der Waals surface area contributed by atoms with Gasteiger partial charge in [0.15, 0.2) is 18.1 Å². The minimum absolute atomic E-state index is 0.300. The lowest BCUT2D eigenvalue weighted by atomic mass is 10.0. The molecule has 134 valence electrons. The average molecular weight is 437 g/mol. The summed E-state index contributed by atoms with van der Waals surface area (Å²) in [6.07, 6.45) is 1.68. The van der Waals surface area contributed by atoms with Gasteiger partial charge in [-0.2, -0.15) is 5.26 Å². The van der Waals surface area contributed by atoms with Crippen LogP contribution >= 0.6 is 27.5 Å². The van der Waals surface area contributed by atoms with E-state index in [1.54, 1.807) is 42.5 Å². The molecule has 2 aromatic carbocycles. The molecule has 0 aliphatic carbocycles. The van der Waals surface area contributed by atoms with Crippen molar-refractivity contribution < 1.29 is 19.4 Å². The normalized spacial score (nSPS) is 10.9. The summed E-state index contributed by atoms with van der Waals surface area (Å²) >= 11 is 9.60. The maximum atomic E-state index is 10.7. The van der Waals surface area contributed by atoms with Gasteiger partial charge in [0.25, 0.3) is 0 Å². The topological polar surface area (TPSA) is 79.5 Å². The second kappa shape index (κ2) is 9.27. The van der Waals surface area contributed by atoms with Gasteiger partial charge in [-0.05, 0) is 36.8 Å². The quantitative estimate of drug-likeness (QED) is 0.486. The van der Waals surface area contributed by atoms with E-state index in [0.717, 1.165) is 0 Å². The van der Waals surface area contributed by atoms with Crippen molar-refractivity contribution in [2.24, 2.45) is 0 Å². The highest BCUT2D eigenvalue weighted by Crippen LogP contribution is 2.36. The summed E-state index contributed by atoms with van der Waals surface area (Å²) in [7, 11) is 0. The van der Waals surface area contributed by atoms with Crippen LogP contribution in [-0.2, 0) is 4.79 Å². The number of nitriles is 1. The maximum absolute atomic E-state index is 10.7. The molecule has 0 aromatic heterocycles. The Hall–Kier alpha value is -2.49. The summed E-state index contributed by atoms with van der Waals surface area (Å²) in [5.41, 5.74) is 1.68. The largest absolute Gasteiger partial charge is 0.490 e.